The second-order valence-electron chi connectivity index (χ2n) is 6.74. The van der Waals surface area contributed by atoms with Gasteiger partial charge in [0.15, 0.2) is 22.1 Å². The largest absolute Gasteiger partial charge is 0.388 e. The Morgan fingerprint density at radius 1 is 1.09 bits per heavy atom. The summed E-state index contributed by atoms with van der Waals surface area (Å²) in [7, 11) is 5.18. The molecule has 0 unspecified atom stereocenters. The van der Waals surface area contributed by atoms with Crippen molar-refractivity contribution in [2.24, 2.45) is 13.0 Å². The van der Waals surface area contributed by atoms with Crippen LogP contribution in [-0.4, -0.2) is 33.7 Å². The zero-order valence-electron chi connectivity index (χ0n) is 22.5. The normalized spacial score (nSPS) is 9.70. The van der Waals surface area contributed by atoms with Crippen LogP contribution in [0.15, 0.2) is 52.8 Å². The van der Waals surface area contributed by atoms with Crippen LogP contribution in [0.2, 0.25) is 0 Å². The molecule has 6 nitrogen and oxygen atoms in total. The Balaban J connectivity index is 0. The van der Waals surface area contributed by atoms with Gasteiger partial charge in [0.1, 0.15) is 6.33 Å². The number of allylic oxidation sites excluding steroid dienone is 2. The third kappa shape index (κ3) is 12.4. The summed E-state index contributed by atoms with van der Waals surface area (Å²) in [5, 5.41) is 0.858. The van der Waals surface area contributed by atoms with Crippen molar-refractivity contribution in [3.05, 3.63) is 48.3 Å². The Labute approximate surface area is 206 Å². The van der Waals surface area contributed by atoms with Crippen molar-refractivity contribution >= 4 is 28.7 Å². The maximum Gasteiger partial charge on any atom is 0.175 e. The number of rotatable bonds is 4. The molecule has 0 aliphatic carbocycles. The van der Waals surface area contributed by atoms with Gasteiger partial charge in [-0.05, 0) is 30.9 Å². The first-order valence-corrected chi connectivity index (χ1v) is 12.4. The lowest BCUT2D eigenvalue weighted by Gasteiger charge is -2.04. The fourth-order valence-electron chi connectivity index (χ4n) is 2.27. The van der Waals surface area contributed by atoms with Crippen molar-refractivity contribution in [1.82, 2.24) is 19.5 Å². The van der Waals surface area contributed by atoms with E-state index in [-0.39, 0.29) is 0 Å². The van der Waals surface area contributed by atoms with Crippen LogP contribution >= 0.6 is 11.8 Å². The number of nitrogens with two attached hydrogens (primary N) is 1. The van der Waals surface area contributed by atoms with Crippen LogP contribution < -0.4 is 5.73 Å². The Hall–Kier alpha value is -2.38. The zero-order chi connectivity index (χ0) is 25.8. The Morgan fingerprint density at radius 2 is 1.67 bits per heavy atom. The molecular weight excluding hydrogens is 430 g/mol. The summed E-state index contributed by atoms with van der Waals surface area (Å²) in [5.41, 5.74) is 8.45. The van der Waals surface area contributed by atoms with Gasteiger partial charge >= 0.3 is 0 Å². The summed E-state index contributed by atoms with van der Waals surface area (Å²) < 4.78 is 6.18. The zero-order valence-corrected chi connectivity index (χ0v) is 23.3. The second kappa shape index (κ2) is 20.2. The van der Waals surface area contributed by atoms with E-state index < -0.39 is 0 Å². The fraction of sp³-hybridized carbons (Fsp3) is 0.500. The highest BCUT2D eigenvalue weighted by Crippen LogP contribution is 2.31. The van der Waals surface area contributed by atoms with E-state index in [1.165, 1.54) is 16.8 Å². The molecule has 2 N–H and O–H groups in total. The highest BCUT2D eigenvalue weighted by molar-refractivity contribution is 7.99. The van der Waals surface area contributed by atoms with Gasteiger partial charge < -0.3 is 15.0 Å². The van der Waals surface area contributed by atoms with Crippen molar-refractivity contribution in [3.8, 4) is 0 Å². The standard InChI is InChI=1S/C13H13N5S.C7H14.C2H6O.2C2H6/c1-8-5-3-4-6-9(8)19-13-17-10-11(14)15-7-16-12(10)18(13)2;1-4-5-6-7(2)3;1-3-2;2*1-2/h3-7H,1-2H3,(H2,14,15,16);5-7H,4H2,1-3H3;1-2H3;2*1-2H3. The predicted molar refractivity (Wildman–Crippen MR) is 146 cm³/mol. The summed E-state index contributed by atoms with van der Waals surface area (Å²) >= 11 is 1.60. The van der Waals surface area contributed by atoms with Crippen molar-refractivity contribution in [1.29, 1.82) is 0 Å². The van der Waals surface area contributed by atoms with Crippen LogP contribution in [0.1, 0.15) is 60.5 Å². The van der Waals surface area contributed by atoms with E-state index in [1.54, 1.807) is 26.0 Å². The number of nitrogens with zero attached hydrogens (tertiary/aromatic N) is 4. The average molecular weight is 476 g/mol. The van der Waals surface area contributed by atoms with Crippen LogP contribution in [-0.2, 0) is 11.8 Å². The lowest BCUT2D eigenvalue weighted by Crippen LogP contribution is -1.95. The highest BCUT2D eigenvalue weighted by Gasteiger charge is 2.13. The van der Waals surface area contributed by atoms with Gasteiger partial charge in [0.2, 0.25) is 0 Å². The molecule has 0 saturated heterocycles. The van der Waals surface area contributed by atoms with Gasteiger partial charge in [-0.3, -0.25) is 0 Å². The maximum atomic E-state index is 5.83. The van der Waals surface area contributed by atoms with E-state index in [4.69, 9.17) is 5.73 Å². The molecule has 1 aromatic carbocycles. The summed E-state index contributed by atoms with van der Waals surface area (Å²) in [6, 6.07) is 8.21. The number of methoxy groups -OCH3 is 1. The second-order valence-corrected chi connectivity index (χ2v) is 7.75. The molecule has 2 heterocycles. The van der Waals surface area contributed by atoms with E-state index in [0.29, 0.717) is 11.3 Å². The predicted octanol–water partition coefficient (Wildman–Crippen LogP) is 7.33. The third-order valence-electron chi connectivity index (χ3n) is 3.69. The summed E-state index contributed by atoms with van der Waals surface area (Å²) in [5.74, 6) is 1.14. The molecule has 2 aromatic heterocycles. The number of hydrogen-bond acceptors (Lipinski definition) is 6. The smallest absolute Gasteiger partial charge is 0.175 e. The first kappa shape index (κ1) is 32.8. The van der Waals surface area contributed by atoms with Crippen molar-refractivity contribution in [2.75, 3.05) is 20.0 Å². The number of imidazole rings is 1. The number of ether oxygens (including phenoxy) is 1. The molecule has 0 radical (unpaired) electrons. The van der Waals surface area contributed by atoms with Gasteiger partial charge in [-0.1, -0.05) is 90.6 Å². The molecule has 186 valence electrons. The maximum absolute atomic E-state index is 5.83. The molecule has 0 saturated carbocycles. The molecule has 0 aliphatic heterocycles. The minimum atomic E-state index is 0.414. The Morgan fingerprint density at radius 3 is 2.12 bits per heavy atom. The van der Waals surface area contributed by atoms with Gasteiger partial charge in [-0.25, -0.2) is 15.0 Å². The number of fused-ring (bicyclic) bond motifs is 1. The number of nitrogen functional groups attached to an aromatic ring is 1. The van der Waals surface area contributed by atoms with Crippen molar-refractivity contribution < 1.29 is 4.74 Å². The lowest BCUT2D eigenvalue weighted by atomic mass is 10.2. The van der Waals surface area contributed by atoms with E-state index in [9.17, 15) is 0 Å². The van der Waals surface area contributed by atoms with Gasteiger partial charge in [-0.15, -0.1) is 0 Å². The van der Waals surface area contributed by atoms with Gasteiger partial charge in [0.05, 0.1) is 0 Å². The van der Waals surface area contributed by atoms with Gasteiger partial charge in [-0.2, -0.15) is 0 Å². The van der Waals surface area contributed by atoms with Crippen molar-refractivity contribution in [2.45, 2.75) is 71.9 Å². The molecule has 0 amide bonds. The topological polar surface area (TPSA) is 78.8 Å². The van der Waals surface area contributed by atoms with E-state index in [0.717, 1.165) is 23.1 Å². The number of hydrogen-bond donors (Lipinski definition) is 1. The number of aromatic nitrogens is 4. The first-order chi connectivity index (χ1) is 15.8. The summed E-state index contributed by atoms with van der Waals surface area (Å²) in [4.78, 5) is 13.9. The number of aryl methyl sites for hydroxylation is 2. The molecular formula is C26H45N5OS. The summed E-state index contributed by atoms with van der Waals surface area (Å²) in [6.07, 6.45) is 7.05. The van der Waals surface area contributed by atoms with Gasteiger partial charge in [0.25, 0.3) is 0 Å². The molecule has 3 rings (SSSR count). The SMILES string of the molecule is CC.CC.CCC=CC(C)C.COC.Cc1ccccc1Sc1nc2c(N)ncnc2n1C. The van der Waals surface area contributed by atoms with Crippen LogP contribution in [0.5, 0.6) is 0 Å². The van der Waals surface area contributed by atoms with E-state index in [1.807, 2.05) is 51.4 Å². The van der Waals surface area contributed by atoms with Crippen LogP contribution in [0.4, 0.5) is 5.82 Å². The molecule has 0 aliphatic rings. The molecule has 33 heavy (non-hydrogen) atoms. The quantitative estimate of drug-likeness (QED) is 0.398. The average Bonchev–Trinajstić information content (AvgIpc) is 3.14. The minimum absolute atomic E-state index is 0.414. The molecule has 7 heteroatoms. The number of anilines is 1. The first-order valence-electron chi connectivity index (χ1n) is 11.6. The third-order valence-corrected chi connectivity index (χ3v) is 4.92. The highest BCUT2D eigenvalue weighted by atomic mass is 32.2. The fourth-order valence-corrected chi connectivity index (χ4v) is 3.20. The lowest BCUT2D eigenvalue weighted by molar-refractivity contribution is 0.277. The van der Waals surface area contributed by atoms with Gasteiger partial charge in [0, 0.05) is 26.2 Å². The van der Waals surface area contributed by atoms with Crippen LogP contribution in [0.25, 0.3) is 11.2 Å². The monoisotopic (exact) mass is 475 g/mol. The Bertz CT molecular complexity index is 907. The van der Waals surface area contributed by atoms with Crippen molar-refractivity contribution in [3.63, 3.8) is 0 Å². The summed E-state index contributed by atoms with van der Waals surface area (Å²) in [6.45, 7) is 16.6. The minimum Gasteiger partial charge on any atom is -0.388 e. The molecule has 0 fully saturated rings. The molecule has 0 bridgehead atoms. The van der Waals surface area contributed by atoms with E-state index >= 15 is 0 Å². The van der Waals surface area contributed by atoms with E-state index in [2.05, 4.69) is 71.7 Å². The number of benzene rings is 1. The molecule has 0 atom stereocenters. The Kier molecular flexibility index (Phi) is 20.1. The molecule has 3 aromatic rings. The van der Waals surface area contributed by atoms with Crippen LogP contribution in [0, 0.1) is 12.8 Å². The van der Waals surface area contributed by atoms with Crippen LogP contribution in [0.3, 0.4) is 0 Å². The molecule has 0 spiro atoms.